The molecule has 2 aromatic carbocycles. The van der Waals surface area contributed by atoms with E-state index in [0.29, 0.717) is 5.69 Å². The Kier molecular flexibility index (Phi) is 5.11. The van der Waals surface area contributed by atoms with Gasteiger partial charge in [0.2, 0.25) is 0 Å². The van der Waals surface area contributed by atoms with Crippen molar-refractivity contribution in [3.05, 3.63) is 70.8 Å². The molecular formula is C24H25N3O. The number of likely N-dealkylation sites (N-methyl/N-ethyl adjacent to an activating group) is 1. The van der Waals surface area contributed by atoms with Crippen LogP contribution in [0.4, 0.5) is 11.4 Å². The summed E-state index contributed by atoms with van der Waals surface area (Å²) in [4.78, 5) is 14.8. The van der Waals surface area contributed by atoms with Crippen molar-refractivity contribution >= 4 is 28.9 Å². The largest absolute Gasteiger partial charge is 0.365 e. The van der Waals surface area contributed by atoms with Gasteiger partial charge in [0.05, 0.1) is 5.54 Å². The fraction of sp³-hybridized carbons (Fsp3) is 0.250. The molecular weight excluding hydrogens is 346 g/mol. The molecule has 0 saturated carbocycles. The second-order valence-corrected chi connectivity index (χ2v) is 7.76. The van der Waals surface area contributed by atoms with Crippen molar-refractivity contribution in [2.75, 3.05) is 17.3 Å². The number of carbonyl (C=O) groups is 1. The highest BCUT2D eigenvalue weighted by Gasteiger charge is 2.28. The van der Waals surface area contributed by atoms with Crippen LogP contribution in [-0.4, -0.2) is 18.5 Å². The third-order valence-electron chi connectivity index (χ3n) is 5.30. The number of nitrogens with zero attached hydrogens (tertiary/aromatic N) is 2. The molecule has 4 heteroatoms. The number of nitrogens with one attached hydrogen (secondary N) is 1. The Morgan fingerprint density at radius 1 is 1.18 bits per heavy atom. The van der Waals surface area contributed by atoms with Gasteiger partial charge in [0.25, 0.3) is 5.91 Å². The van der Waals surface area contributed by atoms with Crippen molar-refractivity contribution in [3.8, 4) is 6.07 Å². The Morgan fingerprint density at radius 3 is 2.50 bits per heavy atom. The summed E-state index contributed by atoms with van der Waals surface area (Å²) in [5, 5.41) is 12.3. The van der Waals surface area contributed by atoms with Gasteiger partial charge in [-0.1, -0.05) is 24.3 Å². The van der Waals surface area contributed by atoms with Gasteiger partial charge >= 0.3 is 0 Å². The topological polar surface area (TPSA) is 56.1 Å². The number of carbonyl (C=O) groups excluding carboxylic acids is 1. The Balaban J connectivity index is 1.98. The molecule has 1 heterocycles. The van der Waals surface area contributed by atoms with Gasteiger partial charge in [-0.25, -0.2) is 0 Å². The molecule has 0 aliphatic carbocycles. The molecule has 0 atom stereocenters. The summed E-state index contributed by atoms with van der Waals surface area (Å²) >= 11 is 0. The van der Waals surface area contributed by atoms with Gasteiger partial charge in [0.1, 0.15) is 11.6 Å². The normalized spacial score (nSPS) is 15.4. The van der Waals surface area contributed by atoms with E-state index in [9.17, 15) is 10.1 Å². The highest BCUT2D eigenvalue weighted by atomic mass is 16.1. The summed E-state index contributed by atoms with van der Waals surface area (Å²) in [6, 6.07) is 15.4. The van der Waals surface area contributed by atoms with Crippen LogP contribution in [0.3, 0.4) is 0 Å². The molecule has 1 amide bonds. The van der Waals surface area contributed by atoms with Crippen LogP contribution in [-0.2, 0) is 4.79 Å². The average Bonchev–Trinajstić information content (AvgIpc) is 2.65. The van der Waals surface area contributed by atoms with Crippen LogP contribution in [0.15, 0.2) is 54.1 Å². The molecule has 0 saturated heterocycles. The van der Waals surface area contributed by atoms with Crippen LogP contribution in [0.25, 0.3) is 11.6 Å². The van der Waals surface area contributed by atoms with Crippen molar-refractivity contribution in [2.24, 2.45) is 0 Å². The van der Waals surface area contributed by atoms with E-state index in [1.807, 2.05) is 31.2 Å². The molecule has 1 aliphatic heterocycles. The highest BCUT2D eigenvalue weighted by molar-refractivity contribution is 6.09. The lowest BCUT2D eigenvalue weighted by Gasteiger charge is -2.41. The van der Waals surface area contributed by atoms with E-state index < -0.39 is 5.91 Å². The molecule has 1 N–H and O–H groups in total. The van der Waals surface area contributed by atoms with Crippen LogP contribution in [0.5, 0.6) is 0 Å². The second kappa shape index (κ2) is 7.36. The monoisotopic (exact) mass is 371 g/mol. The molecule has 0 aromatic heterocycles. The zero-order chi connectivity index (χ0) is 20.5. The fourth-order valence-electron chi connectivity index (χ4n) is 3.50. The summed E-state index contributed by atoms with van der Waals surface area (Å²) in [7, 11) is 2.09. The first-order valence-electron chi connectivity index (χ1n) is 9.29. The van der Waals surface area contributed by atoms with Gasteiger partial charge in [-0.05, 0) is 74.7 Å². The molecule has 28 heavy (non-hydrogen) atoms. The van der Waals surface area contributed by atoms with E-state index >= 15 is 0 Å². The van der Waals surface area contributed by atoms with Crippen LogP contribution < -0.4 is 10.2 Å². The molecule has 0 spiro atoms. The molecule has 0 unspecified atom stereocenters. The third-order valence-corrected chi connectivity index (χ3v) is 5.30. The molecule has 142 valence electrons. The number of rotatable bonds is 3. The predicted molar refractivity (Wildman–Crippen MR) is 116 cm³/mol. The zero-order valence-electron chi connectivity index (χ0n) is 17.0. The van der Waals surface area contributed by atoms with E-state index in [2.05, 4.69) is 56.2 Å². The zero-order valence-corrected chi connectivity index (χ0v) is 17.0. The minimum Gasteiger partial charge on any atom is -0.365 e. The Morgan fingerprint density at radius 2 is 1.86 bits per heavy atom. The molecule has 0 radical (unpaired) electrons. The highest BCUT2D eigenvalue weighted by Crippen LogP contribution is 2.39. The fourth-order valence-corrected chi connectivity index (χ4v) is 3.50. The number of benzene rings is 2. The van der Waals surface area contributed by atoms with E-state index in [-0.39, 0.29) is 11.1 Å². The Hall–Kier alpha value is -3.32. The predicted octanol–water partition coefficient (Wildman–Crippen LogP) is 5.17. The number of nitriles is 1. The van der Waals surface area contributed by atoms with Crippen molar-refractivity contribution in [1.29, 1.82) is 5.26 Å². The van der Waals surface area contributed by atoms with Gasteiger partial charge in [0.15, 0.2) is 0 Å². The van der Waals surface area contributed by atoms with E-state index in [4.69, 9.17) is 0 Å². The quantitative estimate of drug-likeness (QED) is 0.598. The van der Waals surface area contributed by atoms with Gasteiger partial charge in [-0.15, -0.1) is 0 Å². The first-order valence-corrected chi connectivity index (χ1v) is 9.29. The summed E-state index contributed by atoms with van der Waals surface area (Å²) in [5.74, 6) is -0.406. The van der Waals surface area contributed by atoms with E-state index in [1.165, 1.54) is 5.57 Å². The van der Waals surface area contributed by atoms with Crippen LogP contribution >= 0.6 is 0 Å². The maximum absolute atomic E-state index is 12.5. The van der Waals surface area contributed by atoms with Crippen LogP contribution in [0, 0.1) is 18.3 Å². The SMILES string of the molecule is CC1=CC(C)(C)N(C)c2cc(C)c(/C=C(/C#N)C(=O)Nc3ccccc3)cc21. The lowest BCUT2D eigenvalue weighted by Crippen LogP contribution is -2.42. The first kappa shape index (κ1) is 19.4. The van der Waals surface area contributed by atoms with Gasteiger partial charge in [-0.3, -0.25) is 4.79 Å². The minimum atomic E-state index is -0.406. The number of amides is 1. The standard InChI is InChI=1S/C24H25N3O/c1-16-11-22-21(17(2)14-24(3,4)27(22)5)13-18(16)12-19(15-25)23(28)26-20-9-7-6-8-10-20/h6-14H,1-5H3,(H,26,28)/b19-12-. The average molecular weight is 371 g/mol. The summed E-state index contributed by atoms with van der Waals surface area (Å²) in [5.41, 5.74) is 6.06. The maximum Gasteiger partial charge on any atom is 0.266 e. The second-order valence-electron chi connectivity index (χ2n) is 7.76. The molecule has 0 bridgehead atoms. The van der Waals surface area contributed by atoms with Crippen molar-refractivity contribution in [2.45, 2.75) is 33.2 Å². The Labute approximate surface area is 166 Å². The summed E-state index contributed by atoms with van der Waals surface area (Å²) in [6.07, 6.45) is 3.91. The lowest BCUT2D eigenvalue weighted by molar-refractivity contribution is -0.112. The number of aryl methyl sites for hydroxylation is 1. The number of hydrogen-bond donors (Lipinski definition) is 1. The van der Waals surface area contributed by atoms with Gasteiger partial charge in [-0.2, -0.15) is 5.26 Å². The van der Waals surface area contributed by atoms with Gasteiger partial charge in [0, 0.05) is 24.0 Å². The number of fused-ring (bicyclic) bond motifs is 1. The molecule has 0 fully saturated rings. The summed E-state index contributed by atoms with van der Waals surface area (Å²) < 4.78 is 0. The van der Waals surface area contributed by atoms with E-state index in [0.717, 1.165) is 22.4 Å². The van der Waals surface area contributed by atoms with E-state index in [1.54, 1.807) is 18.2 Å². The van der Waals surface area contributed by atoms with Crippen LogP contribution in [0.2, 0.25) is 0 Å². The number of hydrogen-bond acceptors (Lipinski definition) is 3. The number of para-hydroxylation sites is 1. The maximum atomic E-state index is 12.5. The molecule has 1 aliphatic rings. The van der Waals surface area contributed by atoms with Crippen molar-refractivity contribution in [3.63, 3.8) is 0 Å². The molecule has 3 rings (SSSR count). The molecule has 2 aromatic rings. The summed E-state index contributed by atoms with van der Waals surface area (Å²) in [6.45, 7) is 8.48. The first-order chi connectivity index (χ1) is 13.2. The van der Waals surface area contributed by atoms with Crippen LogP contribution in [0.1, 0.15) is 37.5 Å². The number of allylic oxidation sites excluding steroid dienone is 1. The smallest absolute Gasteiger partial charge is 0.266 e. The van der Waals surface area contributed by atoms with Crippen molar-refractivity contribution in [1.82, 2.24) is 0 Å². The number of anilines is 2. The van der Waals surface area contributed by atoms with Crippen molar-refractivity contribution < 1.29 is 4.79 Å². The minimum absolute atomic E-state index is 0.0612. The molecule has 4 nitrogen and oxygen atoms in total. The Bertz CT molecular complexity index is 1020. The third kappa shape index (κ3) is 3.70. The lowest BCUT2D eigenvalue weighted by atomic mass is 9.87. The van der Waals surface area contributed by atoms with Gasteiger partial charge < -0.3 is 10.2 Å².